The van der Waals surface area contributed by atoms with E-state index in [1.54, 1.807) is 0 Å². The second-order valence-corrected chi connectivity index (χ2v) is 11.8. The second-order valence-electron chi connectivity index (χ2n) is 5.97. The predicted molar refractivity (Wildman–Crippen MR) is 101 cm³/mol. The number of halogens is 1. The molecule has 3 heterocycles. The summed E-state index contributed by atoms with van der Waals surface area (Å²) >= 11 is 4.45. The maximum atomic E-state index is 14.6. The number of anilines is 1. The number of nitrogens with zero attached hydrogens (tertiary/aromatic N) is 4. The lowest BCUT2D eigenvalue weighted by Gasteiger charge is -2.21. The third-order valence-corrected chi connectivity index (χ3v) is 8.49. The maximum absolute atomic E-state index is 14.6. The SMILES string of the molecule is Nc1ncnc2c1ncn2[C@@H]1O[C@H](COP(O)(=S)OP(=O)(O)OP(=O)(O)O)C(O)[C@@H]1F. The van der Waals surface area contributed by atoms with E-state index >= 15 is 0 Å². The largest absolute Gasteiger partial charge is 0.488 e. The molecule has 0 amide bonds. The molecule has 3 unspecified atom stereocenters. The summed E-state index contributed by atoms with van der Waals surface area (Å²) in [6.07, 6.45) is -4.45. The van der Waals surface area contributed by atoms with Crippen LogP contribution in [0.25, 0.3) is 11.2 Å². The molecule has 0 aromatic carbocycles. The minimum atomic E-state index is -5.52. The van der Waals surface area contributed by atoms with Crippen molar-refractivity contribution in [2.24, 2.45) is 0 Å². The summed E-state index contributed by atoms with van der Waals surface area (Å²) in [4.78, 5) is 47.7. The Bertz CT molecular complexity index is 1110. The highest BCUT2D eigenvalue weighted by molar-refractivity contribution is 8.08. The number of fused-ring (bicyclic) bond motifs is 1. The van der Waals surface area contributed by atoms with Gasteiger partial charge in [0.15, 0.2) is 23.9 Å². The fraction of sp³-hybridized carbons (Fsp3) is 0.500. The standard InChI is InChI=1S/C10H15FN5O11P3S/c11-5-7(17)4(1-24-30(23,31)27-29(21,22)26-28(18,19)20)25-10(5)16-3-15-6-8(12)13-2-14-9(6)16/h2-5,7,10,17H,1H2,(H,21,22)(H,23,31)(H2,12,13,14)(H2,18,19,20)/t4-,5+,7?,10-,30?/m1/s1. The number of imidazole rings is 1. The second kappa shape index (κ2) is 8.76. The normalized spacial score (nSPS) is 28.5. The number of aliphatic hydroxyl groups is 1. The molecule has 174 valence electrons. The van der Waals surface area contributed by atoms with Crippen LogP contribution in [0.2, 0.25) is 0 Å². The molecule has 1 aliphatic heterocycles. The van der Waals surface area contributed by atoms with Gasteiger partial charge in [-0.3, -0.25) is 4.57 Å². The number of rotatable bonds is 8. The number of hydrogen-bond donors (Lipinski definition) is 6. The van der Waals surface area contributed by atoms with Crippen molar-refractivity contribution in [2.75, 3.05) is 12.3 Å². The fourth-order valence-electron chi connectivity index (χ4n) is 2.59. The van der Waals surface area contributed by atoms with Crippen molar-refractivity contribution in [3.05, 3.63) is 12.7 Å². The third-order valence-electron chi connectivity index (χ3n) is 3.77. The fourth-order valence-corrected chi connectivity index (χ4v) is 6.56. The average molecular weight is 525 g/mol. The lowest BCUT2D eigenvalue weighted by atomic mass is 10.1. The van der Waals surface area contributed by atoms with Crippen LogP contribution in [0.5, 0.6) is 0 Å². The van der Waals surface area contributed by atoms with Crippen molar-refractivity contribution in [1.29, 1.82) is 0 Å². The first-order valence-corrected chi connectivity index (χ1v) is 13.5. The van der Waals surface area contributed by atoms with Crippen LogP contribution in [0.15, 0.2) is 12.7 Å². The Kier molecular flexibility index (Phi) is 6.97. The quantitative estimate of drug-likeness (QED) is 0.237. The van der Waals surface area contributed by atoms with E-state index < -0.39 is 53.6 Å². The van der Waals surface area contributed by atoms with Gasteiger partial charge in [-0.25, -0.2) is 32.8 Å². The van der Waals surface area contributed by atoms with Crippen molar-refractivity contribution >= 4 is 51.2 Å². The highest BCUT2D eigenvalue weighted by Crippen LogP contribution is 2.66. The summed E-state index contributed by atoms with van der Waals surface area (Å²) in [6, 6.07) is 0. The molecule has 0 spiro atoms. The van der Waals surface area contributed by atoms with E-state index in [0.717, 1.165) is 17.2 Å². The zero-order valence-electron chi connectivity index (χ0n) is 14.9. The van der Waals surface area contributed by atoms with Crippen LogP contribution in [-0.4, -0.2) is 69.2 Å². The molecule has 1 aliphatic rings. The Morgan fingerprint density at radius 2 is 1.90 bits per heavy atom. The molecule has 0 radical (unpaired) electrons. The van der Waals surface area contributed by atoms with Gasteiger partial charge in [0.25, 0.3) is 0 Å². The Hall–Kier alpha value is -0.970. The summed E-state index contributed by atoms with van der Waals surface area (Å²) in [7, 11) is -11.0. The molecule has 2 aromatic heterocycles. The van der Waals surface area contributed by atoms with Crippen molar-refractivity contribution in [3.63, 3.8) is 0 Å². The molecule has 1 fully saturated rings. The maximum Gasteiger partial charge on any atom is 0.488 e. The lowest BCUT2D eigenvalue weighted by Crippen LogP contribution is -2.31. The average Bonchev–Trinajstić information content (AvgIpc) is 3.13. The molecule has 0 saturated carbocycles. The van der Waals surface area contributed by atoms with Crippen LogP contribution >= 0.6 is 22.4 Å². The van der Waals surface area contributed by atoms with E-state index in [4.69, 9.17) is 24.8 Å². The molecule has 7 N–H and O–H groups in total. The highest BCUT2D eigenvalue weighted by atomic mass is 32.5. The monoisotopic (exact) mass is 525 g/mol. The number of alkyl halides is 1. The highest BCUT2D eigenvalue weighted by Gasteiger charge is 2.47. The number of ether oxygens (including phenoxy) is 1. The Labute approximate surface area is 176 Å². The molecule has 21 heteroatoms. The van der Waals surface area contributed by atoms with Crippen molar-refractivity contribution in [1.82, 2.24) is 19.5 Å². The zero-order chi connectivity index (χ0) is 23.2. The lowest BCUT2D eigenvalue weighted by molar-refractivity contribution is -0.0428. The Morgan fingerprint density at radius 3 is 2.55 bits per heavy atom. The van der Waals surface area contributed by atoms with E-state index in [0.29, 0.717) is 0 Å². The minimum Gasteiger partial charge on any atom is -0.387 e. The number of aliphatic hydroxyl groups excluding tert-OH is 1. The zero-order valence-corrected chi connectivity index (χ0v) is 18.4. The molecule has 2 aromatic rings. The van der Waals surface area contributed by atoms with Crippen LogP contribution < -0.4 is 5.73 Å². The third kappa shape index (κ3) is 5.89. The first-order valence-electron chi connectivity index (χ1n) is 7.88. The van der Waals surface area contributed by atoms with E-state index in [9.17, 15) is 28.4 Å². The van der Waals surface area contributed by atoms with E-state index in [-0.39, 0.29) is 17.0 Å². The van der Waals surface area contributed by atoms with Gasteiger partial charge in [0.2, 0.25) is 0 Å². The van der Waals surface area contributed by atoms with Crippen LogP contribution in [-0.2, 0) is 38.8 Å². The number of phosphoric acid groups is 2. The van der Waals surface area contributed by atoms with Crippen molar-refractivity contribution < 1.29 is 56.1 Å². The predicted octanol–water partition coefficient (Wildman–Crippen LogP) is -0.535. The first kappa shape index (κ1) is 24.7. The molecule has 0 bridgehead atoms. The Balaban J connectivity index is 1.69. The number of hydrogen-bond acceptors (Lipinski definition) is 12. The number of nitrogen functional groups attached to an aromatic ring is 1. The van der Waals surface area contributed by atoms with Crippen molar-refractivity contribution in [2.45, 2.75) is 24.6 Å². The summed E-state index contributed by atoms with van der Waals surface area (Å²) in [6.45, 7) is -5.47. The summed E-state index contributed by atoms with van der Waals surface area (Å²) in [5.41, 5.74) is 5.93. The molecular formula is C10H15FN5O11P3S. The van der Waals surface area contributed by atoms with Crippen LogP contribution in [0.3, 0.4) is 0 Å². The van der Waals surface area contributed by atoms with Crippen LogP contribution in [0.4, 0.5) is 10.2 Å². The van der Waals surface area contributed by atoms with E-state index in [1.807, 2.05) is 0 Å². The summed E-state index contributed by atoms with van der Waals surface area (Å²) < 4.78 is 55.6. The van der Waals surface area contributed by atoms with Gasteiger partial charge in [-0.05, 0) is 11.8 Å². The van der Waals surface area contributed by atoms with Gasteiger partial charge in [-0.1, -0.05) is 0 Å². The molecule has 6 atom stereocenters. The van der Waals surface area contributed by atoms with Gasteiger partial charge < -0.3 is 39.7 Å². The van der Waals surface area contributed by atoms with E-state index in [1.165, 1.54) is 0 Å². The van der Waals surface area contributed by atoms with Crippen LogP contribution in [0, 0.1) is 0 Å². The molecular weight excluding hydrogens is 510 g/mol. The minimum absolute atomic E-state index is 0.0293. The van der Waals surface area contributed by atoms with Gasteiger partial charge >= 0.3 is 22.4 Å². The summed E-state index contributed by atoms with van der Waals surface area (Å²) in [5, 5.41) is 10.1. The molecule has 16 nitrogen and oxygen atoms in total. The van der Waals surface area contributed by atoms with Gasteiger partial charge in [0, 0.05) is 0 Å². The molecule has 1 saturated heterocycles. The first-order chi connectivity index (χ1) is 14.2. The smallest absolute Gasteiger partial charge is 0.387 e. The van der Waals surface area contributed by atoms with Gasteiger partial charge in [-0.15, -0.1) is 0 Å². The number of aromatic nitrogens is 4. The van der Waals surface area contributed by atoms with Gasteiger partial charge in [0.1, 0.15) is 24.1 Å². The Morgan fingerprint density at radius 1 is 1.23 bits per heavy atom. The molecule has 0 aliphatic carbocycles. The van der Waals surface area contributed by atoms with Crippen LogP contribution in [0.1, 0.15) is 6.23 Å². The van der Waals surface area contributed by atoms with Crippen molar-refractivity contribution in [3.8, 4) is 0 Å². The topological polar surface area (TPSA) is 242 Å². The number of nitrogens with two attached hydrogens (primary N) is 1. The molecule has 3 rings (SSSR count). The van der Waals surface area contributed by atoms with Gasteiger partial charge in [0.05, 0.1) is 12.9 Å². The molecule has 31 heavy (non-hydrogen) atoms. The van der Waals surface area contributed by atoms with Gasteiger partial charge in [-0.2, -0.15) is 4.31 Å². The summed E-state index contributed by atoms with van der Waals surface area (Å²) in [5.74, 6) is 0.0293. The van der Waals surface area contributed by atoms with E-state index in [2.05, 4.69) is 35.4 Å².